The van der Waals surface area contributed by atoms with Crippen LogP contribution < -0.4 is 15.5 Å². The molecule has 4 rings (SSSR count). The molecule has 192 valence electrons. The van der Waals surface area contributed by atoms with Crippen molar-refractivity contribution in [3.05, 3.63) is 24.3 Å². The lowest BCUT2D eigenvalue weighted by molar-refractivity contribution is -0.130. The molecule has 4 amide bonds. The molecule has 3 heterocycles. The number of amides is 4. The van der Waals surface area contributed by atoms with Gasteiger partial charge in [-0.25, -0.2) is 4.79 Å². The van der Waals surface area contributed by atoms with Crippen LogP contribution in [0, 0.1) is 5.92 Å². The fraction of sp³-hybridized carbons (Fsp3) is 0.667. The molecule has 0 aromatic heterocycles. The van der Waals surface area contributed by atoms with Crippen molar-refractivity contribution in [3.63, 3.8) is 0 Å². The Morgan fingerprint density at radius 2 is 1.69 bits per heavy atom. The SMILES string of the molecule is CCCC[C@H](NC(=O)[C@@H]1CCCN(C(=O)N2CCCC2)C1)C(=O)Nc1cccc(N2CCCC2)c1. The fourth-order valence-electron chi connectivity index (χ4n) is 5.43. The molecule has 3 aliphatic rings. The smallest absolute Gasteiger partial charge is 0.320 e. The molecule has 1 aromatic rings. The summed E-state index contributed by atoms with van der Waals surface area (Å²) in [6, 6.07) is 7.44. The Balaban J connectivity index is 1.36. The van der Waals surface area contributed by atoms with Crippen molar-refractivity contribution in [1.29, 1.82) is 0 Å². The van der Waals surface area contributed by atoms with Gasteiger partial charge in [-0.15, -0.1) is 0 Å². The minimum Gasteiger partial charge on any atom is -0.371 e. The summed E-state index contributed by atoms with van der Waals surface area (Å²) in [7, 11) is 0. The highest BCUT2D eigenvalue weighted by molar-refractivity contribution is 5.97. The number of benzene rings is 1. The highest BCUT2D eigenvalue weighted by Crippen LogP contribution is 2.24. The van der Waals surface area contributed by atoms with E-state index in [-0.39, 0.29) is 23.8 Å². The number of piperidine rings is 1. The number of carbonyl (C=O) groups excluding carboxylic acids is 3. The normalized spacial score (nSPS) is 21.2. The first-order valence-corrected chi connectivity index (χ1v) is 13.5. The number of urea groups is 1. The largest absolute Gasteiger partial charge is 0.371 e. The topological polar surface area (TPSA) is 85.0 Å². The van der Waals surface area contributed by atoms with Crippen LogP contribution in [0.2, 0.25) is 0 Å². The van der Waals surface area contributed by atoms with Gasteiger partial charge in [-0.1, -0.05) is 25.8 Å². The lowest BCUT2D eigenvalue weighted by Crippen LogP contribution is -2.52. The van der Waals surface area contributed by atoms with Crippen LogP contribution in [0.25, 0.3) is 0 Å². The molecule has 3 fully saturated rings. The van der Waals surface area contributed by atoms with Crippen LogP contribution in [0.15, 0.2) is 24.3 Å². The highest BCUT2D eigenvalue weighted by Gasteiger charge is 2.33. The number of nitrogens with one attached hydrogen (secondary N) is 2. The van der Waals surface area contributed by atoms with Gasteiger partial charge in [0.15, 0.2) is 0 Å². The Morgan fingerprint density at radius 3 is 2.43 bits per heavy atom. The molecule has 0 spiro atoms. The Kier molecular flexibility index (Phi) is 8.88. The van der Waals surface area contributed by atoms with Crippen molar-refractivity contribution < 1.29 is 14.4 Å². The molecular formula is C27H41N5O3. The number of rotatable bonds is 8. The minimum atomic E-state index is -0.581. The Labute approximate surface area is 209 Å². The van der Waals surface area contributed by atoms with Gasteiger partial charge in [0.05, 0.1) is 5.92 Å². The lowest BCUT2D eigenvalue weighted by atomic mass is 9.96. The van der Waals surface area contributed by atoms with E-state index < -0.39 is 6.04 Å². The summed E-state index contributed by atoms with van der Waals surface area (Å²) >= 11 is 0. The monoisotopic (exact) mass is 483 g/mol. The maximum absolute atomic E-state index is 13.2. The standard InChI is InChI=1S/C27H41N5O3/c1-2-3-13-24(26(34)28-22-11-8-12-23(19-22)30-14-4-5-15-30)29-25(33)21-10-9-18-32(20-21)27(35)31-16-6-7-17-31/h8,11-12,19,21,24H,2-7,9-10,13-18,20H2,1H3,(H,28,34)(H,29,33)/t21-,24+/m1/s1. The maximum atomic E-state index is 13.2. The van der Waals surface area contributed by atoms with E-state index in [0.717, 1.165) is 76.1 Å². The van der Waals surface area contributed by atoms with Crippen LogP contribution in [0.5, 0.6) is 0 Å². The van der Waals surface area contributed by atoms with Crippen molar-refractivity contribution in [3.8, 4) is 0 Å². The van der Waals surface area contributed by atoms with Crippen LogP contribution in [0.4, 0.5) is 16.2 Å². The van der Waals surface area contributed by atoms with Gasteiger partial charge in [0.1, 0.15) is 6.04 Å². The minimum absolute atomic E-state index is 0.0539. The van der Waals surface area contributed by atoms with Crippen LogP contribution >= 0.6 is 0 Å². The number of unbranched alkanes of at least 4 members (excludes halogenated alkanes) is 1. The van der Waals surface area contributed by atoms with Crippen LogP contribution in [0.1, 0.15) is 64.7 Å². The van der Waals surface area contributed by atoms with Crippen molar-refractivity contribution in [2.75, 3.05) is 49.5 Å². The number of likely N-dealkylation sites (tertiary alicyclic amines) is 2. The number of nitrogens with zero attached hydrogens (tertiary/aromatic N) is 3. The number of anilines is 2. The summed E-state index contributed by atoms with van der Waals surface area (Å²) in [6.45, 7) is 6.93. The summed E-state index contributed by atoms with van der Waals surface area (Å²) < 4.78 is 0. The molecule has 0 unspecified atom stereocenters. The molecule has 2 atom stereocenters. The van der Waals surface area contributed by atoms with Gasteiger partial charge in [0.25, 0.3) is 0 Å². The summed E-state index contributed by atoms with van der Waals surface area (Å²) in [5.41, 5.74) is 1.88. The molecule has 1 aromatic carbocycles. The Bertz CT molecular complexity index is 879. The molecule has 0 bridgehead atoms. The second kappa shape index (κ2) is 12.3. The molecule has 0 saturated carbocycles. The van der Waals surface area contributed by atoms with Crippen LogP contribution in [-0.4, -0.2) is 73.0 Å². The molecule has 8 nitrogen and oxygen atoms in total. The number of hydrogen-bond acceptors (Lipinski definition) is 4. The van der Waals surface area contributed by atoms with Crippen molar-refractivity contribution in [2.45, 2.75) is 70.8 Å². The number of hydrogen-bond donors (Lipinski definition) is 2. The summed E-state index contributed by atoms with van der Waals surface area (Å²) in [4.78, 5) is 45.3. The first-order valence-electron chi connectivity index (χ1n) is 13.5. The third-order valence-electron chi connectivity index (χ3n) is 7.50. The second-order valence-electron chi connectivity index (χ2n) is 10.2. The Morgan fingerprint density at radius 1 is 0.971 bits per heavy atom. The first kappa shape index (κ1) is 25.3. The Hall–Kier alpha value is -2.77. The van der Waals surface area contributed by atoms with Gasteiger partial charge in [-0.3, -0.25) is 9.59 Å². The number of carbonyl (C=O) groups is 3. The van der Waals surface area contributed by atoms with Crippen molar-refractivity contribution in [2.24, 2.45) is 5.92 Å². The third-order valence-corrected chi connectivity index (χ3v) is 7.50. The zero-order valence-corrected chi connectivity index (χ0v) is 21.1. The van der Waals surface area contributed by atoms with Gasteiger partial charge in [-0.2, -0.15) is 0 Å². The van der Waals surface area contributed by atoms with Gasteiger partial charge in [-0.05, 0) is 63.1 Å². The van der Waals surface area contributed by atoms with E-state index in [9.17, 15) is 14.4 Å². The molecule has 3 aliphatic heterocycles. The zero-order valence-electron chi connectivity index (χ0n) is 21.1. The predicted octanol–water partition coefficient (Wildman–Crippen LogP) is 3.83. The second-order valence-corrected chi connectivity index (χ2v) is 10.2. The first-order chi connectivity index (χ1) is 17.0. The third kappa shape index (κ3) is 6.67. The predicted molar refractivity (Wildman–Crippen MR) is 138 cm³/mol. The summed E-state index contributed by atoms with van der Waals surface area (Å²) in [6.07, 6.45) is 8.47. The van der Waals surface area contributed by atoms with E-state index >= 15 is 0 Å². The van der Waals surface area contributed by atoms with Gasteiger partial charge in [0, 0.05) is 50.6 Å². The van der Waals surface area contributed by atoms with Gasteiger partial charge in [0.2, 0.25) is 11.8 Å². The van der Waals surface area contributed by atoms with Gasteiger partial charge >= 0.3 is 6.03 Å². The average Bonchev–Trinajstić information content (AvgIpc) is 3.61. The van der Waals surface area contributed by atoms with E-state index in [1.54, 1.807) is 0 Å². The lowest BCUT2D eigenvalue weighted by Gasteiger charge is -2.35. The highest BCUT2D eigenvalue weighted by atomic mass is 16.2. The molecule has 0 aliphatic carbocycles. The van der Waals surface area contributed by atoms with Gasteiger partial charge < -0.3 is 25.3 Å². The van der Waals surface area contributed by atoms with E-state index in [1.165, 1.54) is 12.8 Å². The van der Waals surface area contributed by atoms with Crippen LogP contribution in [-0.2, 0) is 9.59 Å². The molecule has 8 heteroatoms. The zero-order chi connectivity index (χ0) is 24.6. The van der Waals surface area contributed by atoms with Crippen molar-refractivity contribution >= 4 is 29.2 Å². The molecule has 0 radical (unpaired) electrons. The van der Waals surface area contributed by atoms with E-state index in [4.69, 9.17) is 0 Å². The van der Waals surface area contributed by atoms with Crippen LogP contribution in [0.3, 0.4) is 0 Å². The molecule has 3 saturated heterocycles. The van der Waals surface area contributed by atoms with E-state index in [0.29, 0.717) is 19.5 Å². The van der Waals surface area contributed by atoms with E-state index in [2.05, 4.69) is 28.5 Å². The molecule has 35 heavy (non-hydrogen) atoms. The average molecular weight is 484 g/mol. The molecule has 2 N–H and O–H groups in total. The maximum Gasteiger partial charge on any atom is 0.320 e. The summed E-state index contributed by atoms with van der Waals surface area (Å²) in [5, 5.41) is 6.06. The van der Waals surface area contributed by atoms with Crippen molar-refractivity contribution in [1.82, 2.24) is 15.1 Å². The molecular weight excluding hydrogens is 442 g/mol. The fourth-order valence-corrected chi connectivity index (χ4v) is 5.43. The van der Waals surface area contributed by atoms with E-state index in [1.807, 2.05) is 28.0 Å². The summed E-state index contributed by atoms with van der Waals surface area (Å²) in [5.74, 6) is -0.567. The quantitative estimate of drug-likeness (QED) is 0.589.